The van der Waals surface area contributed by atoms with Gasteiger partial charge in [-0.05, 0) is 30.2 Å². The minimum Gasteiger partial charge on any atom is -0.399 e. The van der Waals surface area contributed by atoms with Gasteiger partial charge < -0.3 is 16.2 Å². The van der Waals surface area contributed by atoms with E-state index in [1.807, 2.05) is 13.8 Å². The maximum absolute atomic E-state index is 11.8. The molecule has 1 atom stereocenters. The van der Waals surface area contributed by atoms with Crippen LogP contribution in [0.1, 0.15) is 37.0 Å². The molecule has 0 heterocycles. The second-order valence-corrected chi connectivity index (χ2v) is 4.48. The maximum atomic E-state index is 11.8. The van der Waals surface area contributed by atoms with Crippen molar-refractivity contribution >= 4 is 11.6 Å². The molecule has 0 fully saturated rings. The van der Waals surface area contributed by atoms with Gasteiger partial charge in [-0.1, -0.05) is 26.7 Å². The van der Waals surface area contributed by atoms with Crippen molar-refractivity contribution in [3.63, 3.8) is 0 Å². The summed E-state index contributed by atoms with van der Waals surface area (Å²) in [4.78, 5) is 11.8. The van der Waals surface area contributed by atoms with Crippen molar-refractivity contribution in [2.45, 2.75) is 32.8 Å². The summed E-state index contributed by atoms with van der Waals surface area (Å²) in [5.41, 5.74) is 6.74. The molecule has 18 heavy (non-hydrogen) atoms. The first kappa shape index (κ1) is 14.5. The van der Waals surface area contributed by atoms with Crippen LogP contribution in [0.3, 0.4) is 0 Å². The Morgan fingerprint density at radius 1 is 1.28 bits per heavy atom. The van der Waals surface area contributed by atoms with Gasteiger partial charge in [0.05, 0.1) is 6.10 Å². The van der Waals surface area contributed by atoms with Crippen molar-refractivity contribution in [1.29, 1.82) is 0 Å². The Kier molecular flexibility index (Phi) is 5.65. The van der Waals surface area contributed by atoms with E-state index in [2.05, 4.69) is 5.32 Å². The number of hydrogen-bond acceptors (Lipinski definition) is 3. The second-order valence-electron chi connectivity index (χ2n) is 4.48. The van der Waals surface area contributed by atoms with Gasteiger partial charge in [0, 0.05) is 17.8 Å². The molecule has 100 valence electrons. The number of carbonyl (C=O) groups is 1. The Labute approximate surface area is 108 Å². The van der Waals surface area contributed by atoms with Gasteiger partial charge in [0.15, 0.2) is 0 Å². The Hall–Kier alpha value is -1.55. The predicted octanol–water partition coefficient (Wildman–Crippen LogP) is 1.80. The molecule has 0 aliphatic rings. The van der Waals surface area contributed by atoms with Crippen molar-refractivity contribution < 1.29 is 9.90 Å². The van der Waals surface area contributed by atoms with Crippen LogP contribution in [0.5, 0.6) is 0 Å². The molecule has 0 aliphatic carbocycles. The van der Waals surface area contributed by atoms with E-state index in [0.29, 0.717) is 11.3 Å². The summed E-state index contributed by atoms with van der Waals surface area (Å²) >= 11 is 0. The number of rotatable bonds is 6. The zero-order chi connectivity index (χ0) is 13.5. The lowest BCUT2D eigenvalue weighted by atomic mass is 9.96. The zero-order valence-corrected chi connectivity index (χ0v) is 11.0. The first-order valence-electron chi connectivity index (χ1n) is 6.40. The highest BCUT2D eigenvalue weighted by molar-refractivity contribution is 5.94. The summed E-state index contributed by atoms with van der Waals surface area (Å²) in [6.07, 6.45) is 1.34. The molecule has 1 aromatic rings. The lowest BCUT2D eigenvalue weighted by Gasteiger charge is -2.20. The summed E-state index contributed by atoms with van der Waals surface area (Å²) in [5.74, 6) is 0.0525. The van der Waals surface area contributed by atoms with Crippen LogP contribution in [0.25, 0.3) is 0 Å². The predicted molar refractivity (Wildman–Crippen MR) is 73.3 cm³/mol. The summed E-state index contributed by atoms with van der Waals surface area (Å²) in [7, 11) is 0. The van der Waals surface area contributed by atoms with Gasteiger partial charge in [0.2, 0.25) is 0 Å². The van der Waals surface area contributed by atoms with Crippen LogP contribution in [-0.2, 0) is 0 Å². The number of aliphatic hydroxyl groups is 1. The van der Waals surface area contributed by atoms with E-state index in [1.165, 1.54) is 0 Å². The Morgan fingerprint density at radius 2 is 1.83 bits per heavy atom. The molecule has 4 heteroatoms. The van der Waals surface area contributed by atoms with Crippen molar-refractivity contribution in [2.75, 3.05) is 12.3 Å². The molecule has 0 spiro atoms. The van der Waals surface area contributed by atoms with Gasteiger partial charge >= 0.3 is 0 Å². The van der Waals surface area contributed by atoms with Crippen LogP contribution in [0.2, 0.25) is 0 Å². The summed E-state index contributed by atoms with van der Waals surface area (Å²) in [6.45, 7) is 4.37. The van der Waals surface area contributed by atoms with E-state index in [9.17, 15) is 9.90 Å². The number of aliphatic hydroxyl groups excluding tert-OH is 1. The molecule has 1 unspecified atom stereocenters. The van der Waals surface area contributed by atoms with Gasteiger partial charge in [-0.2, -0.15) is 0 Å². The highest BCUT2D eigenvalue weighted by Crippen LogP contribution is 2.12. The highest BCUT2D eigenvalue weighted by atomic mass is 16.3. The smallest absolute Gasteiger partial charge is 0.251 e. The van der Waals surface area contributed by atoms with Gasteiger partial charge in [0.1, 0.15) is 0 Å². The van der Waals surface area contributed by atoms with E-state index in [4.69, 9.17) is 5.73 Å². The number of nitrogen functional groups attached to an aromatic ring is 1. The second kappa shape index (κ2) is 7.01. The van der Waals surface area contributed by atoms with Crippen LogP contribution >= 0.6 is 0 Å². The summed E-state index contributed by atoms with van der Waals surface area (Å²) in [6, 6.07) is 6.72. The van der Waals surface area contributed by atoms with Crippen LogP contribution in [0.4, 0.5) is 5.69 Å². The molecule has 0 aliphatic heterocycles. The van der Waals surface area contributed by atoms with Crippen LogP contribution < -0.4 is 11.1 Å². The van der Waals surface area contributed by atoms with Crippen LogP contribution in [-0.4, -0.2) is 23.7 Å². The Balaban J connectivity index is 2.48. The fourth-order valence-corrected chi connectivity index (χ4v) is 1.93. The lowest BCUT2D eigenvalue weighted by molar-refractivity contribution is 0.0816. The molecule has 1 aromatic carbocycles. The molecule has 0 bridgehead atoms. The molecule has 1 amide bonds. The molecular weight excluding hydrogens is 228 g/mol. The number of nitrogens with one attached hydrogen (secondary N) is 1. The molecule has 0 saturated heterocycles. The number of carbonyl (C=O) groups excluding carboxylic acids is 1. The molecule has 1 rings (SSSR count). The standard InChI is InChI=1S/C14H22N2O2/c1-3-10(4-2)13(17)9-16-14(18)11-5-7-12(15)8-6-11/h5-8,10,13,17H,3-4,9,15H2,1-2H3,(H,16,18). The Bertz CT molecular complexity index is 372. The molecule has 0 aromatic heterocycles. The van der Waals surface area contributed by atoms with Crippen molar-refractivity contribution in [3.05, 3.63) is 29.8 Å². The van der Waals surface area contributed by atoms with E-state index in [-0.39, 0.29) is 18.4 Å². The summed E-state index contributed by atoms with van der Waals surface area (Å²) < 4.78 is 0. The van der Waals surface area contributed by atoms with Gasteiger partial charge in [-0.3, -0.25) is 4.79 Å². The summed E-state index contributed by atoms with van der Waals surface area (Å²) in [5, 5.41) is 12.7. The number of benzene rings is 1. The minimum absolute atomic E-state index is 0.181. The first-order valence-corrected chi connectivity index (χ1v) is 6.40. The number of hydrogen-bond donors (Lipinski definition) is 3. The van der Waals surface area contributed by atoms with Crippen LogP contribution in [0.15, 0.2) is 24.3 Å². The Morgan fingerprint density at radius 3 is 2.33 bits per heavy atom. The maximum Gasteiger partial charge on any atom is 0.251 e. The van der Waals surface area contributed by atoms with E-state index in [1.54, 1.807) is 24.3 Å². The van der Waals surface area contributed by atoms with Crippen molar-refractivity contribution in [1.82, 2.24) is 5.32 Å². The molecule has 0 radical (unpaired) electrons. The molecule has 4 N–H and O–H groups in total. The minimum atomic E-state index is -0.488. The molecule has 4 nitrogen and oxygen atoms in total. The average molecular weight is 250 g/mol. The highest BCUT2D eigenvalue weighted by Gasteiger charge is 2.16. The van der Waals surface area contributed by atoms with Gasteiger partial charge in [-0.15, -0.1) is 0 Å². The van der Waals surface area contributed by atoms with Crippen molar-refractivity contribution in [3.8, 4) is 0 Å². The first-order chi connectivity index (χ1) is 8.58. The third-order valence-corrected chi connectivity index (χ3v) is 3.24. The number of anilines is 1. The van der Waals surface area contributed by atoms with Gasteiger partial charge in [0.25, 0.3) is 5.91 Å². The quantitative estimate of drug-likeness (QED) is 0.674. The normalized spacial score (nSPS) is 12.4. The third-order valence-electron chi connectivity index (χ3n) is 3.24. The monoisotopic (exact) mass is 250 g/mol. The van der Waals surface area contributed by atoms with Crippen molar-refractivity contribution in [2.24, 2.45) is 5.92 Å². The third kappa shape index (κ3) is 4.04. The zero-order valence-electron chi connectivity index (χ0n) is 11.0. The molecule has 0 saturated carbocycles. The van der Waals surface area contributed by atoms with Crippen LogP contribution in [0, 0.1) is 5.92 Å². The van der Waals surface area contributed by atoms with Gasteiger partial charge in [-0.25, -0.2) is 0 Å². The fraction of sp³-hybridized carbons (Fsp3) is 0.500. The number of nitrogens with two attached hydrogens (primary N) is 1. The SMILES string of the molecule is CCC(CC)C(O)CNC(=O)c1ccc(N)cc1. The number of amides is 1. The van der Waals surface area contributed by atoms with E-state index in [0.717, 1.165) is 12.8 Å². The fourth-order valence-electron chi connectivity index (χ4n) is 1.93. The largest absolute Gasteiger partial charge is 0.399 e. The topological polar surface area (TPSA) is 75.3 Å². The van der Waals surface area contributed by atoms with E-state index < -0.39 is 6.10 Å². The van der Waals surface area contributed by atoms with E-state index >= 15 is 0 Å². The molecular formula is C14H22N2O2. The average Bonchev–Trinajstić information content (AvgIpc) is 2.38. The lowest BCUT2D eigenvalue weighted by Crippen LogP contribution is -2.36.